The largest absolute Gasteiger partial charge is 0.456 e. The number of carbonyl (C=O) groups is 1. The number of halogens is 1. The number of thiazole rings is 1. The summed E-state index contributed by atoms with van der Waals surface area (Å²) in [4.78, 5) is 16.5. The van der Waals surface area contributed by atoms with Crippen LogP contribution >= 0.6 is 22.9 Å². The molecule has 0 atom stereocenters. The maximum Gasteiger partial charge on any atom is 0.338 e. The number of benzene rings is 2. The first kappa shape index (κ1) is 16.2. The van der Waals surface area contributed by atoms with Gasteiger partial charge in [-0.1, -0.05) is 35.9 Å². The van der Waals surface area contributed by atoms with E-state index in [1.165, 1.54) is 17.4 Å². The Kier molecular flexibility index (Phi) is 4.90. The summed E-state index contributed by atoms with van der Waals surface area (Å²) in [5, 5.41) is 12.1. The SMILES string of the molecule is N#Cc1cccc(C(=O)OCc2csc(-c3ccccc3Cl)n2)c1. The Labute approximate surface area is 147 Å². The molecule has 0 N–H and O–H groups in total. The molecule has 0 radical (unpaired) electrons. The molecule has 0 saturated heterocycles. The predicted octanol–water partition coefficient (Wildman–Crippen LogP) is 4.69. The van der Waals surface area contributed by atoms with Gasteiger partial charge in [0.05, 0.1) is 27.9 Å². The van der Waals surface area contributed by atoms with Crippen molar-refractivity contribution in [1.82, 2.24) is 4.98 Å². The molecule has 2 aromatic carbocycles. The third-order valence-electron chi connectivity index (χ3n) is 3.23. The van der Waals surface area contributed by atoms with Crippen LogP contribution in [-0.4, -0.2) is 11.0 Å². The van der Waals surface area contributed by atoms with Crippen molar-refractivity contribution in [3.63, 3.8) is 0 Å². The van der Waals surface area contributed by atoms with Crippen LogP contribution in [0.25, 0.3) is 10.6 Å². The Morgan fingerprint density at radius 2 is 2.08 bits per heavy atom. The van der Waals surface area contributed by atoms with Gasteiger partial charge in [0.2, 0.25) is 0 Å². The van der Waals surface area contributed by atoms with Gasteiger partial charge in [0.25, 0.3) is 0 Å². The number of hydrogen-bond donors (Lipinski definition) is 0. The Morgan fingerprint density at radius 1 is 1.25 bits per heavy atom. The lowest BCUT2D eigenvalue weighted by molar-refractivity contribution is 0.0468. The van der Waals surface area contributed by atoms with E-state index in [0.717, 1.165) is 10.6 Å². The summed E-state index contributed by atoms with van der Waals surface area (Å²) in [6, 6.07) is 15.8. The predicted molar refractivity (Wildman–Crippen MR) is 92.8 cm³/mol. The van der Waals surface area contributed by atoms with E-state index in [1.54, 1.807) is 24.3 Å². The minimum atomic E-state index is -0.487. The molecule has 0 aliphatic rings. The normalized spacial score (nSPS) is 10.2. The van der Waals surface area contributed by atoms with Crippen LogP contribution < -0.4 is 0 Å². The Hall–Kier alpha value is -2.68. The number of ether oxygens (including phenoxy) is 1. The van der Waals surface area contributed by atoms with Crippen molar-refractivity contribution in [1.29, 1.82) is 5.26 Å². The summed E-state index contributed by atoms with van der Waals surface area (Å²) in [7, 11) is 0. The number of aromatic nitrogens is 1. The topological polar surface area (TPSA) is 63.0 Å². The van der Waals surface area contributed by atoms with Crippen LogP contribution in [-0.2, 0) is 11.3 Å². The number of nitriles is 1. The number of hydrogen-bond acceptors (Lipinski definition) is 5. The van der Waals surface area contributed by atoms with Crippen LogP contribution in [0, 0.1) is 11.3 Å². The van der Waals surface area contributed by atoms with Gasteiger partial charge in [-0.05, 0) is 24.3 Å². The average molecular weight is 355 g/mol. The van der Waals surface area contributed by atoms with E-state index in [9.17, 15) is 4.79 Å². The van der Waals surface area contributed by atoms with E-state index < -0.39 is 5.97 Å². The fourth-order valence-electron chi connectivity index (χ4n) is 2.07. The summed E-state index contributed by atoms with van der Waals surface area (Å²) in [5.41, 5.74) is 2.26. The lowest BCUT2D eigenvalue weighted by Crippen LogP contribution is -2.05. The molecule has 1 aromatic heterocycles. The number of esters is 1. The first-order chi connectivity index (χ1) is 11.7. The van der Waals surface area contributed by atoms with Crippen LogP contribution in [0.4, 0.5) is 0 Å². The van der Waals surface area contributed by atoms with Gasteiger partial charge in [0.1, 0.15) is 11.6 Å². The quantitative estimate of drug-likeness (QED) is 0.637. The number of nitrogens with zero attached hydrogens (tertiary/aromatic N) is 2. The molecule has 0 aliphatic carbocycles. The monoisotopic (exact) mass is 354 g/mol. The fraction of sp³-hybridized carbons (Fsp3) is 0.0556. The van der Waals surface area contributed by atoms with Crippen LogP contribution in [0.5, 0.6) is 0 Å². The molecule has 0 aliphatic heterocycles. The molecule has 3 rings (SSSR count). The van der Waals surface area contributed by atoms with Crippen molar-refractivity contribution in [3.8, 4) is 16.6 Å². The summed E-state index contributed by atoms with van der Waals surface area (Å²) in [6.07, 6.45) is 0. The number of carbonyl (C=O) groups excluding carboxylic acids is 1. The fourth-order valence-corrected chi connectivity index (χ4v) is 3.19. The molecule has 0 amide bonds. The molecule has 3 aromatic rings. The first-order valence-corrected chi connectivity index (χ1v) is 8.30. The Morgan fingerprint density at radius 3 is 2.88 bits per heavy atom. The molecular weight excluding hydrogens is 344 g/mol. The minimum absolute atomic E-state index is 0.0660. The van der Waals surface area contributed by atoms with Crippen molar-refractivity contribution >= 4 is 28.9 Å². The minimum Gasteiger partial charge on any atom is -0.456 e. The third kappa shape index (κ3) is 3.62. The second-order valence-electron chi connectivity index (χ2n) is 4.89. The van der Waals surface area contributed by atoms with Crippen molar-refractivity contribution in [3.05, 3.63) is 75.8 Å². The highest BCUT2D eigenvalue weighted by molar-refractivity contribution is 7.13. The second kappa shape index (κ2) is 7.26. The highest BCUT2D eigenvalue weighted by Crippen LogP contribution is 2.30. The van der Waals surface area contributed by atoms with Crippen LogP contribution in [0.3, 0.4) is 0 Å². The third-order valence-corrected chi connectivity index (χ3v) is 4.49. The summed E-state index contributed by atoms with van der Waals surface area (Å²) < 4.78 is 5.26. The molecule has 6 heteroatoms. The first-order valence-electron chi connectivity index (χ1n) is 7.04. The highest BCUT2D eigenvalue weighted by atomic mass is 35.5. The molecule has 0 unspecified atom stereocenters. The van der Waals surface area contributed by atoms with Crippen molar-refractivity contribution in [2.24, 2.45) is 0 Å². The maximum absolute atomic E-state index is 12.0. The zero-order valence-electron chi connectivity index (χ0n) is 12.4. The maximum atomic E-state index is 12.0. The van der Waals surface area contributed by atoms with Gasteiger partial charge in [0, 0.05) is 10.9 Å². The summed E-state index contributed by atoms with van der Waals surface area (Å²) >= 11 is 7.60. The van der Waals surface area contributed by atoms with Gasteiger partial charge in [-0.3, -0.25) is 0 Å². The molecule has 1 heterocycles. The molecule has 0 fully saturated rings. The Balaban J connectivity index is 1.68. The molecule has 0 spiro atoms. The highest BCUT2D eigenvalue weighted by Gasteiger charge is 2.11. The van der Waals surface area contributed by atoms with Gasteiger partial charge in [-0.2, -0.15) is 5.26 Å². The Bertz CT molecular complexity index is 931. The van der Waals surface area contributed by atoms with Crippen LogP contribution in [0.2, 0.25) is 5.02 Å². The van der Waals surface area contributed by atoms with Crippen LogP contribution in [0.1, 0.15) is 21.6 Å². The van der Waals surface area contributed by atoms with Crippen molar-refractivity contribution in [2.75, 3.05) is 0 Å². The average Bonchev–Trinajstić information content (AvgIpc) is 3.09. The standard InChI is InChI=1S/C18H11ClN2O2S/c19-16-7-2-1-6-15(16)17-21-14(11-24-17)10-23-18(22)13-5-3-4-12(8-13)9-20/h1-8,11H,10H2. The van der Waals surface area contributed by atoms with E-state index in [2.05, 4.69) is 4.98 Å². The number of rotatable bonds is 4. The molecular formula is C18H11ClN2O2S. The van der Waals surface area contributed by atoms with Crippen molar-refractivity contribution < 1.29 is 9.53 Å². The summed E-state index contributed by atoms with van der Waals surface area (Å²) in [5.74, 6) is -0.487. The smallest absolute Gasteiger partial charge is 0.338 e. The molecule has 0 bridgehead atoms. The lowest BCUT2D eigenvalue weighted by atomic mass is 10.1. The zero-order chi connectivity index (χ0) is 16.9. The molecule has 4 nitrogen and oxygen atoms in total. The van der Waals surface area contributed by atoms with Gasteiger partial charge in [-0.25, -0.2) is 9.78 Å². The van der Waals surface area contributed by atoms with Gasteiger partial charge in [0.15, 0.2) is 0 Å². The van der Waals surface area contributed by atoms with E-state index in [-0.39, 0.29) is 6.61 Å². The van der Waals surface area contributed by atoms with Gasteiger partial charge >= 0.3 is 5.97 Å². The molecule has 118 valence electrons. The summed E-state index contributed by atoms with van der Waals surface area (Å²) in [6.45, 7) is 0.0660. The zero-order valence-corrected chi connectivity index (χ0v) is 14.0. The van der Waals surface area contributed by atoms with E-state index in [1.807, 2.05) is 29.6 Å². The lowest BCUT2D eigenvalue weighted by Gasteiger charge is -2.03. The van der Waals surface area contributed by atoms with E-state index >= 15 is 0 Å². The van der Waals surface area contributed by atoms with Crippen LogP contribution in [0.15, 0.2) is 53.9 Å². The second-order valence-corrected chi connectivity index (χ2v) is 6.16. The van der Waals surface area contributed by atoms with E-state index in [0.29, 0.717) is 21.8 Å². The van der Waals surface area contributed by atoms with Crippen molar-refractivity contribution in [2.45, 2.75) is 6.61 Å². The molecule has 24 heavy (non-hydrogen) atoms. The van der Waals surface area contributed by atoms with E-state index in [4.69, 9.17) is 21.6 Å². The van der Waals surface area contributed by atoms with Gasteiger partial charge < -0.3 is 4.74 Å². The van der Waals surface area contributed by atoms with Gasteiger partial charge in [-0.15, -0.1) is 11.3 Å². The molecule has 0 saturated carbocycles.